The van der Waals surface area contributed by atoms with Gasteiger partial charge >= 0.3 is 0 Å². The highest BCUT2D eigenvalue weighted by molar-refractivity contribution is 7.89. The third-order valence-electron chi connectivity index (χ3n) is 3.52. The van der Waals surface area contributed by atoms with E-state index in [4.69, 9.17) is 16.7 Å². The summed E-state index contributed by atoms with van der Waals surface area (Å²) >= 11 is 5.86. The molecule has 1 aliphatic carbocycles. The second-order valence-electron chi connectivity index (χ2n) is 5.09. The molecule has 0 saturated heterocycles. The number of hydrogen-bond acceptors (Lipinski definition) is 3. The van der Waals surface area contributed by atoms with Crippen LogP contribution in [0.15, 0.2) is 24.3 Å². The summed E-state index contributed by atoms with van der Waals surface area (Å²) < 4.78 is 21.5. The standard InChI is InChI=1S/C13H19ClN2O2S/c14-12-4-2-10(3-5-12)11-8-13(9-11)16-6-1-7-19(15,17)18/h2-5,11,13,16H,1,6-9H2,(H2,15,17,18). The fourth-order valence-electron chi connectivity index (χ4n) is 2.37. The molecule has 0 bridgehead atoms. The summed E-state index contributed by atoms with van der Waals surface area (Å²) in [6.45, 7) is 0.703. The Balaban J connectivity index is 1.65. The molecule has 1 aromatic rings. The Hall–Kier alpha value is -0.620. The van der Waals surface area contributed by atoms with Crippen molar-refractivity contribution in [1.82, 2.24) is 5.32 Å². The number of benzene rings is 1. The fourth-order valence-corrected chi connectivity index (χ4v) is 3.04. The van der Waals surface area contributed by atoms with Crippen LogP contribution >= 0.6 is 11.6 Å². The predicted molar refractivity (Wildman–Crippen MR) is 77.8 cm³/mol. The number of rotatable bonds is 6. The summed E-state index contributed by atoms with van der Waals surface area (Å²) in [5, 5.41) is 9.06. The molecule has 0 heterocycles. The monoisotopic (exact) mass is 302 g/mol. The molecule has 0 amide bonds. The second kappa shape index (κ2) is 6.22. The van der Waals surface area contributed by atoms with Crippen molar-refractivity contribution in [3.8, 4) is 0 Å². The van der Waals surface area contributed by atoms with E-state index in [-0.39, 0.29) is 5.75 Å². The van der Waals surface area contributed by atoms with E-state index in [0.29, 0.717) is 24.9 Å². The Kier molecular flexibility index (Phi) is 4.84. The maximum Gasteiger partial charge on any atom is 0.209 e. The van der Waals surface area contributed by atoms with Crippen molar-refractivity contribution < 1.29 is 8.42 Å². The molecule has 106 valence electrons. The average Bonchev–Trinajstić information content (AvgIpc) is 2.27. The minimum absolute atomic E-state index is 0.0489. The molecular weight excluding hydrogens is 284 g/mol. The largest absolute Gasteiger partial charge is 0.314 e. The lowest BCUT2D eigenvalue weighted by Crippen LogP contribution is -2.41. The van der Waals surface area contributed by atoms with E-state index in [1.165, 1.54) is 5.56 Å². The van der Waals surface area contributed by atoms with Gasteiger partial charge in [0.05, 0.1) is 5.75 Å². The first-order valence-electron chi connectivity index (χ1n) is 6.43. The van der Waals surface area contributed by atoms with E-state index in [9.17, 15) is 8.42 Å². The molecule has 6 heteroatoms. The van der Waals surface area contributed by atoms with Crippen LogP contribution in [0.4, 0.5) is 0 Å². The molecule has 0 unspecified atom stereocenters. The smallest absolute Gasteiger partial charge is 0.209 e. The number of sulfonamides is 1. The summed E-state index contributed by atoms with van der Waals surface area (Å²) in [6, 6.07) is 8.48. The van der Waals surface area contributed by atoms with Crippen LogP contribution in [0, 0.1) is 0 Å². The molecule has 3 N–H and O–H groups in total. The quantitative estimate of drug-likeness (QED) is 0.788. The Morgan fingerprint density at radius 3 is 2.47 bits per heavy atom. The van der Waals surface area contributed by atoms with E-state index in [1.54, 1.807) is 0 Å². The Bertz CT molecular complexity index is 510. The predicted octanol–water partition coefficient (Wildman–Crippen LogP) is 1.85. The Morgan fingerprint density at radius 2 is 1.89 bits per heavy atom. The van der Waals surface area contributed by atoms with Gasteiger partial charge in [-0.05, 0) is 49.4 Å². The van der Waals surface area contributed by atoms with Crippen molar-refractivity contribution in [3.63, 3.8) is 0 Å². The summed E-state index contributed by atoms with van der Waals surface area (Å²) in [5.41, 5.74) is 1.33. The van der Waals surface area contributed by atoms with Crippen LogP contribution in [0.3, 0.4) is 0 Å². The molecule has 4 nitrogen and oxygen atoms in total. The van der Waals surface area contributed by atoms with Gasteiger partial charge in [0.15, 0.2) is 0 Å². The first kappa shape index (κ1) is 14.8. The molecule has 0 atom stereocenters. The Morgan fingerprint density at radius 1 is 1.26 bits per heavy atom. The number of hydrogen-bond donors (Lipinski definition) is 2. The third kappa shape index (κ3) is 4.76. The van der Waals surface area contributed by atoms with Gasteiger partial charge in [0.1, 0.15) is 0 Å². The molecule has 19 heavy (non-hydrogen) atoms. The fraction of sp³-hybridized carbons (Fsp3) is 0.538. The molecule has 2 rings (SSSR count). The lowest BCUT2D eigenvalue weighted by Gasteiger charge is -2.36. The average molecular weight is 303 g/mol. The lowest BCUT2D eigenvalue weighted by atomic mass is 9.76. The summed E-state index contributed by atoms with van der Waals surface area (Å²) in [6.07, 6.45) is 2.76. The van der Waals surface area contributed by atoms with Crippen LogP contribution in [0.2, 0.25) is 5.02 Å². The maximum absolute atomic E-state index is 10.8. The molecular formula is C13H19ClN2O2S. The molecule has 0 aliphatic heterocycles. The van der Waals surface area contributed by atoms with Crippen molar-refractivity contribution in [2.24, 2.45) is 5.14 Å². The molecule has 1 fully saturated rings. The Labute approximate surface area is 119 Å². The maximum atomic E-state index is 10.8. The minimum atomic E-state index is -3.32. The number of primary sulfonamides is 1. The van der Waals surface area contributed by atoms with Crippen molar-refractivity contribution >= 4 is 21.6 Å². The van der Waals surface area contributed by atoms with Gasteiger partial charge in [-0.15, -0.1) is 0 Å². The van der Waals surface area contributed by atoms with Crippen molar-refractivity contribution in [2.75, 3.05) is 12.3 Å². The van der Waals surface area contributed by atoms with E-state index >= 15 is 0 Å². The molecule has 1 saturated carbocycles. The van der Waals surface area contributed by atoms with E-state index in [2.05, 4.69) is 17.4 Å². The summed E-state index contributed by atoms with van der Waals surface area (Å²) in [5.74, 6) is 0.640. The molecule has 0 radical (unpaired) electrons. The van der Waals surface area contributed by atoms with Gasteiger partial charge in [0, 0.05) is 11.1 Å². The van der Waals surface area contributed by atoms with Gasteiger partial charge < -0.3 is 5.32 Å². The molecule has 1 aliphatic rings. The number of nitrogens with one attached hydrogen (secondary N) is 1. The zero-order chi connectivity index (χ0) is 13.9. The van der Waals surface area contributed by atoms with Gasteiger partial charge in [0.2, 0.25) is 10.0 Å². The van der Waals surface area contributed by atoms with Crippen molar-refractivity contribution in [2.45, 2.75) is 31.2 Å². The van der Waals surface area contributed by atoms with Crippen molar-refractivity contribution in [3.05, 3.63) is 34.9 Å². The van der Waals surface area contributed by atoms with Gasteiger partial charge in [-0.25, -0.2) is 13.6 Å². The topological polar surface area (TPSA) is 72.2 Å². The highest BCUT2D eigenvalue weighted by Gasteiger charge is 2.29. The minimum Gasteiger partial charge on any atom is -0.314 e. The second-order valence-corrected chi connectivity index (χ2v) is 7.26. The van der Waals surface area contributed by atoms with E-state index in [1.807, 2.05) is 12.1 Å². The zero-order valence-corrected chi connectivity index (χ0v) is 12.3. The van der Waals surface area contributed by atoms with Gasteiger partial charge in [-0.1, -0.05) is 23.7 Å². The SMILES string of the molecule is NS(=O)(=O)CCCNC1CC(c2ccc(Cl)cc2)C1. The third-order valence-corrected chi connectivity index (χ3v) is 4.63. The summed E-state index contributed by atoms with van der Waals surface area (Å²) in [7, 11) is -3.32. The zero-order valence-electron chi connectivity index (χ0n) is 10.7. The number of nitrogens with two attached hydrogens (primary N) is 1. The van der Waals surface area contributed by atoms with Gasteiger partial charge in [-0.2, -0.15) is 0 Å². The summed E-state index contributed by atoms with van der Waals surface area (Å²) in [4.78, 5) is 0. The van der Waals surface area contributed by atoms with Crippen LogP contribution in [0.5, 0.6) is 0 Å². The first-order chi connectivity index (χ1) is 8.94. The van der Waals surface area contributed by atoms with Crippen LogP contribution in [-0.2, 0) is 10.0 Å². The first-order valence-corrected chi connectivity index (χ1v) is 8.53. The van der Waals surface area contributed by atoms with Gasteiger partial charge in [-0.3, -0.25) is 0 Å². The lowest BCUT2D eigenvalue weighted by molar-refractivity contribution is 0.292. The van der Waals surface area contributed by atoms with Crippen LogP contribution < -0.4 is 10.5 Å². The highest BCUT2D eigenvalue weighted by atomic mass is 35.5. The number of halogens is 1. The molecule has 1 aromatic carbocycles. The molecule has 0 spiro atoms. The van der Waals surface area contributed by atoms with E-state index in [0.717, 1.165) is 17.9 Å². The van der Waals surface area contributed by atoms with Crippen LogP contribution in [0.1, 0.15) is 30.7 Å². The van der Waals surface area contributed by atoms with E-state index < -0.39 is 10.0 Å². The van der Waals surface area contributed by atoms with Crippen molar-refractivity contribution in [1.29, 1.82) is 0 Å². The van der Waals surface area contributed by atoms with Crippen LogP contribution in [0.25, 0.3) is 0 Å². The molecule has 0 aromatic heterocycles. The van der Waals surface area contributed by atoms with Gasteiger partial charge in [0.25, 0.3) is 0 Å². The highest BCUT2D eigenvalue weighted by Crippen LogP contribution is 2.37. The van der Waals surface area contributed by atoms with Crippen LogP contribution in [-0.4, -0.2) is 26.8 Å². The normalized spacial score (nSPS) is 23.1.